The molecule has 0 unspecified atom stereocenters. The minimum atomic E-state index is -3.59. The number of sulfonamides is 1. The van der Waals surface area contributed by atoms with Crippen molar-refractivity contribution in [1.29, 1.82) is 0 Å². The monoisotopic (exact) mass is 456 g/mol. The lowest BCUT2D eigenvalue weighted by atomic mass is 10.1. The van der Waals surface area contributed by atoms with Gasteiger partial charge in [0.15, 0.2) is 0 Å². The predicted molar refractivity (Wildman–Crippen MR) is 128 cm³/mol. The summed E-state index contributed by atoms with van der Waals surface area (Å²) in [6.07, 6.45) is 1.54. The average molecular weight is 457 g/mol. The van der Waals surface area contributed by atoms with Crippen LogP contribution in [0.25, 0.3) is 0 Å². The highest BCUT2D eigenvalue weighted by molar-refractivity contribution is 7.89. The zero-order valence-corrected chi connectivity index (χ0v) is 19.9. The summed E-state index contributed by atoms with van der Waals surface area (Å²) < 4.78 is 28.4. The van der Waals surface area contributed by atoms with Crippen LogP contribution in [0, 0.1) is 6.92 Å². The van der Waals surface area contributed by atoms with E-state index < -0.39 is 10.0 Å². The zero-order valence-electron chi connectivity index (χ0n) is 19.0. The first kappa shape index (κ1) is 22.6. The summed E-state index contributed by atoms with van der Waals surface area (Å²) in [6.45, 7) is 8.89. The Balaban J connectivity index is 1.49. The number of aryl methyl sites for hydroxylation is 1. The predicted octanol–water partition coefficient (Wildman–Crippen LogP) is 3.38. The maximum Gasteiger partial charge on any atom is 0.321 e. The van der Waals surface area contributed by atoms with E-state index in [-0.39, 0.29) is 12.1 Å². The maximum atomic E-state index is 13.4. The molecule has 0 aromatic heterocycles. The Morgan fingerprint density at radius 3 is 2.66 bits per heavy atom. The molecule has 0 saturated carbocycles. The number of carbonyl (C=O) groups is 1. The lowest BCUT2D eigenvalue weighted by Gasteiger charge is -2.40. The fourth-order valence-electron chi connectivity index (χ4n) is 4.56. The number of nitrogens with one attached hydrogen (secondary N) is 1. The van der Waals surface area contributed by atoms with Gasteiger partial charge >= 0.3 is 6.03 Å². The molecule has 0 bridgehead atoms. The second-order valence-corrected chi connectivity index (χ2v) is 10.6. The number of benzene rings is 2. The number of piperazine rings is 1. The molecule has 4 rings (SSSR count). The summed E-state index contributed by atoms with van der Waals surface area (Å²) in [4.78, 5) is 16.7. The Hall–Kier alpha value is -2.58. The van der Waals surface area contributed by atoms with Crippen LogP contribution in [0.2, 0.25) is 0 Å². The molecule has 2 heterocycles. The normalized spacial score (nSPS) is 19.2. The standard InChI is InChI=1S/C24H32N4O3S/c1-4-11-25-24(29)28-12-10-20-16-22(8-9-23(20)28)32(30,31)26-13-14-27(19(3)17-26)21-7-5-6-18(2)15-21/h5-9,15-16,19H,4,10-14,17H2,1-3H3,(H,25,29)/t19-/m0/s1. The Morgan fingerprint density at radius 1 is 1.12 bits per heavy atom. The van der Waals surface area contributed by atoms with Crippen molar-refractivity contribution in [3.8, 4) is 0 Å². The number of carbonyl (C=O) groups excluding carboxylic acids is 1. The first-order valence-corrected chi connectivity index (χ1v) is 12.8. The van der Waals surface area contributed by atoms with Crippen LogP contribution in [-0.2, 0) is 16.4 Å². The van der Waals surface area contributed by atoms with Crippen LogP contribution >= 0.6 is 0 Å². The van der Waals surface area contributed by atoms with Gasteiger partial charge in [0.1, 0.15) is 0 Å². The van der Waals surface area contributed by atoms with Crippen LogP contribution < -0.4 is 15.1 Å². The van der Waals surface area contributed by atoms with Crippen LogP contribution in [0.4, 0.5) is 16.2 Å². The molecule has 2 aliphatic rings. The molecule has 2 amide bonds. The number of nitrogens with zero attached hydrogens (tertiary/aromatic N) is 3. The van der Waals surface area contributed by atoms with Crippen molar-refractivity contribution in [3.05, 3.63) is 53.6 Å². The molecule has 2 aromatic rings. The third-order valence-corrected chi connectivity index (χ3v) is 8.14. The lowest BCUT2D eigenvalue weighted by molar-refractivity contribution is 0.247. The molecule has 1 atom stereocenters. The Bertz CT molecular complexity index is 1100. The van der Waals surface area contributed by atoms with E-state index in [2.05, 4.69) is 42.3 Å². The van der Waals surface area contributed by atoms with Gasteiger partial charge in [0, 0.05) is 50.1 Å². The fourth-order valence-corrected chi connectivity index (χ4v) is 6.12. The number of hydrogen-bond donors (Lipinski definition) is 1. The second kappa shape index (κ2) is 9.11. The summed E-state index contributed by atoms with van der Waals surface area (Å²) in [5.41, 5.74) is 4.04. The van der Waals surface area contributed by atoms with Crippen molar-refractivity contribution >= 4 is 27.4 Å². The van der Waals surface area contributed by atoms with Gasteiger partial charge in [-0.1, -0.05) is 19.1 Å². The minimum Gasteiger partial charge on any atom is -0.366 e. The summed E-state index contributed by atoms with van der Waals surface area (Å²) in [5, 5.41) is 2.89. The van der Waals surface area contributed by atoms with Crippen LogP contribution in [0.1, 0.15) is 31.4 Å². The molecule has 8 heteroatoms. The van der Waals surface area contributed by atoms with Crippen molar-refractivity contribution in [2.24, 2.45) is 0 Å². The van der Waals surface area contributed by atoms with Crippen LogP contribution in [0.5, 0.6) is 0 Å². The van der Waals surface area contributed by atoms with Gasteiger partial charge in [-0.05, 0) is 68.1 Å². The molecule has 0 aliphatic carbocycles. The molecular formula is C24H32N4O3S. The third kappa shape index (κ3) is 4.34. The number of fused-ring (bicyclic) bond motifs is 1. The molecule has 1 saturated heterocycles. The Morgan fingerprint density at radius 2 is 1.94 bits per heavy atom. The van der Waals surface area contributed by atoms with E-state index in [4.69, 9.17) is 0 Å². The maximum absolute atomic E-state index is 13.4. The van der Waals surface area contributed by atoms with Crippen LogP contribution in [0.3, 0.4) is 0 Å². The van der Waals surface area contributed by atoms with Gasteiger partial charge in [0.2, 0.25) is 10.0 Å². The molecule has 2 aromatic carbocycles. The van der Waals surface area contributed by atoms with E-state index in [0.717, 1.165) is 23.4 Å². The van der Waals surface area contributed by atoms with E-state index in [0.29, 0.717) is 44.0 Å². The summed E-state index contributed by atoms with van der Waals surface area (Å²) in [5.74, 6) is 0. The smallest absolute Gasteiger partial charge is 0.321 e. The first-order chi connectivity index (χ1) is 15.3. The third-order valence-electron chi connectivity index (χ3n) is 6.28. The van der Waals surface area contributed by atoms with Crippen molar-refractivity contribution in [3.63, 3.8) is 0 Å². The Kier molecular flexibility index (Phi) is 6.44. The van der Waals surface area contributed by atoms with Gasteiger partial charge < -0.3 is 10.2 Å². The van der Waals surface area contributed by atoms with E-state index in [1.54, 1.807) is 27.4 Å². The number of anilines is 2. The Labute approximate surface area is 191 Å². The molecule has 0 radical (unpaired) electrons. The molecule has 32 heavy (non-hydrogen) atoms. The van der Waals surface area contributed by atoms with Crippen molar-refractivity contribution in [1.82, 2.24) is 9.62 Å². The number of rotatable bonds is 5. The number of urea groups is 1. The molecule has 2 aliphatic heterocycles. The topological polar surface area (TPSA) is 73.0 Å². The van der Waals surface area contributed by atoms with E-state index in [1.807, 2.05) is 13.0 Å². The van der Waals surface area contributed by atoms with Gasteiger partial charge in [-0.3, -0.25) is 4.90 Å². The number of amides is 2. The van der Waals surface area contributed by atoms with E-state index >= 15 is 0 Å². The average Bonchev–Trinajstić information content (AvgIpc) is 3.21. The van der Waals surface area contributed by atoms with Crippen LogP contribution in [-0.4, -0.2) is 57.5 Å². The molecule has 172 valence electrons. The molecule has 0 spiro atoms. The molecule has 1 fully saturated rings. The van der Waals surface area contributed by atoms with Gasteiger partial charge in [-0.15, -0.1) is 0 Å². The van der Waals surface area contributed by atoms with Gasteiger partial charge in [-0.25, -0.2) is 13.2 Å². The molecular weight excluding hydrogens is 424 g/mol. The van der Waals surface area contributed by atoms with Crippen molar-refractivity contribution < 1.29 is 13.2 Å². The highest BCUT2D eigenvalue weighted by atomic mass is 32.2. The second-order valence-electron chi connectivity index (χ2n) is 8.67. The SMILES string of the molecule is CCCNC(=O)N1CCc2cc(S(=O)(=O)N3CCN(c4cccc(C)c4)[C@@H](C)C3)ccc21. The largest absolute Gasteiger partial charge is 0.366 e. The molecule has 1 N–H and O–H groups in total. The highest BCUT2D eigenvalue weighted by Crippen LogP contribution is 2.32. The summed E-state index contributed by atoms with van der Waals surface area (Å²) in [6, 6.07) is 13.4. The highest BCUT2D eigenvalue weighted by Gasteiger charge is 2.34. The first-order valence-electron chi connectivity index (χ1n) is 11.3. The van der Waals surface area contributed by atoms with Gasteiger partial charge in [-0.2, -0.15) is 4.31 Å². The summed E-state index contributed by atoms with van der Waals surface area (Å²) in [7, 11) is -3.59. The summed E-state index contributed by atoms with van der Waals surface area (Å²) >= 11 is 0. The molecule has 7 nitrogen and oxygen atoms in total. The number of hydrogen-bond acceptors (Lipinski definition) is 4. The van der Waals surface area contributed by atoms with Crippen LogP contribution in [0.15, 0.2) is 47.4 Å². The minimum absolute atomic E-state index is 0.0764. The van der Waals surface area contributed by atoms with E-state index in [1.165, 1.54) is 5.56 Å². The lowest BCUT2D eigenvalue weighted by Crippen LogP contribution is -2.53. The van der Waals surface area contributed by atoms with E-state index in [9.17, 15) is 13.2 Å². The fraction of sp³-hybridized carbons (Fsp3) is 0.458. The van der Waals surface area contributed by atoms with Gasteiger partial charge in [0.05, 0.1) is 4.90 Å². The van der Waals surface area contributed by atoms with Crippen molar-refractivity contribution in [2.45, 2.75) is 44.6 Å². The zero-order chi connectivity index (χ0) is 22.9. The quantitative estimate of drug-likeness (QED) is 0.749. The van der Waals surface area contributed by atoms with Gasteiger partial charge in [0.25, 0.3) is 0 Å². The van der Waals surface area contributed by atoms with Crippen molar-refractivity contribution in [2.75, 3.05) is 42.5 Å².